The van der Waals surface area contributed by atoms with Gasteiger partial charge in [0.05, 0.1) is 19.2 Å². The van der Waals surface area contributed by atoms with Gasteiger partial charge in [-0.25, -0.2) is 4.68 Å². The molecule has 0 bridgehead atoms. The molecule has 0 aliphatic rings. The third kappa shape index (κ3) is 2.70. The van der Waals surface area contributed by atoms with Gasteiger partial charge in [-0.2, -0.15) is 5.10 Å². The number of aliphatic carboxylic acids is 1. The molecule has 5 nitrogen and oxygen atoms in total. The number of carbonyl (C=O) groups is 1. The van der Waals surface area contributed by atoms with Crippen LogP contribution in [0.3, 0.4) is 0 Å². The molecule has 6 heteroatoms. The number of carboxylic acid groups (broad SMARTS) is 1. The Morgan fingerprint density at radius 2 is 2.11 bits per heavy atom. The minimum atomic E-state index is -0.915. The quantitative estimate of drug-likeness (QED) is 0.904. The Kier molecular flexibility index (Phi) is 3.66. The molecule has 0 saturated heterocycles. The topological polar surface area (TPSA) is 81.1 Å². The Morgan fingerprint density at radius 3 is 2.78 bits per heavy atom. The zero-order valence-electron chi connectivity index (χ0n) is 9.51. The lowest BCUT2D eigenvalue weighted by Crippen LogP contribution is -2.08. The molecule has 1 aromatic carbocycles. The summed E-state index contributed by atoms with van der Waals surface area (Å²) in [5.41, 5.74) is 7.44. The van der Waals surface area contributed by atoms with Crippen molar-refractivity contribution in [3.63, 3.8) is 0 Å². The minimum Gasteiger partial charge on any atom is -0.481 e. The average molecular weight is 310 g/mol. The third-order valence-electron chi connectivity index (χ3n) is 2.58. The van der Waals surface area contributed by atoms with Gasteiger partial charge in [0.2, 0.25) is 0 Å². The van der Waals surface area contributed by atoms with Crippen LogP contribution in [0.4, 0.5) is 5.82 Å². The summed E-state index contributed by atoms with van der Waals surface area (Å²) in [6, 6.07) is 7.75. The molecule has 2 aromatic rings. The summed E-state index contributed by atoms with van der Waals surface area (Å²) < 4.78 is 2.57. The van der Waals surface area contributed by atoms with Crippen LogP contribution in [-0.4, -0.2) is 20.9 Å². The minimum absolute atomic E-state index is 0.109. The van der Waals surface area contributed by atoms with E-state index in [0.29, 0.717) is 17.9 Å². The highest BCUT2D eigenvalue weighted by Crippen LogP contribution is 2.19. The largest absolute Gasteiger partial charge is 0.481 e. The van der Waals surface area contributed by atoms with Gasteiger partial charge < -0.3 is 10.8 Å². The monoisotopic (exact) mass is 309 g/mol. The number of halogens is 1. The van der Waals surface area contributed by atoms with E-state index in [0.717, 1.165) is 10.0 Å². The fourth-order valence-corrected chi connectivity index (χ4v) is 2.06. The first-order chi connectivity index (χ1) is 8.58. The van der Waals surface area contributed by atoms with E-state index >= 15 is 0 Å². The van der Waals surface area contributed by atoms with Gasteiger partial charge in [0, 0.05) is 10.0 Å². The fraction of sp³-hybridized carbons (Fsp3) is 0.167. The van der Waals surface area contributed by atoms with E-state index in [-0.39, 0.29) is 6.42 Å². The molecule has 1 heterocycles. The number of hydrogen-bond donors (Lipinski definition) is 2. The van der Waals surface area contributed by atoms with Gasteiger partial charge >= 0.3 is 5.97 Å². The third-order valence-corrected chi connectivity index (χ3v) is 3.35. The van der Waals surface area contributed by atoms with Gasteiger partial charge in [-0.05, 0) is 11.6 Å². The molecule has 18 heavy (non-hydrogen) atoms. The Bertz CT molecular complexity index is 580. The van der Waals surface area contributed by atoms with Crippen LogP contribution in [0.15, 0.2) is 34.9 Å². The van der Waals surface area contributed by atoms with Crippen LogP contribution in [-0.2, 0) is 17.8 Å². The number of nitrogen functional groups attached to an aromatic ring is 1. The zero-order valence-corrected chi connectivity index (χ0v) is 11.1. The van der Waals surface area contributed by atoms with E-state index in [1.807, 2.05) is 24.3 Å². The van der Waals surface area contributed by atoms with Gasteiger partial charge in [0.25, 0.3) is 0 Å². The van der Waals surface area contributed by atoms with E-state index < -0.39 is 5.97 Å². The highest BCUT2D eigenvalue weighted by Gasteiger charge is 2.11. The molecule has 0 amide bonds. The molecule has 2 rings (SSSR count). The van der Waals surface area contributed by atoms with Crippen LogP contribution >= 0.6 is 15.9 Å². The zero-order chi connectivity index (χ0) is 13.1. The van der Waals surface area contributed by atoms with Crippen molar-refractivity contribution in [1.29, 1.82) is 0 Å². The SMILES string of the molecule is Nc1c(CC(=O)O)cnn1Cc1ccccc1Br. The Hall–Kier alpha value is -1.82. The van der Waals surface area contributed by atoms with Gasteiger partial charge in [0.15, 0.2) is 0 Å². The van der Waals surface area contributed by atoms with Crippen molar-refractivity contribution in [2.75, 3.05) is 5.73 Å². The number of nitrogens with zero attached hydrogens (tertiary/aromatic N) is 2. The first-order valence-corrected chi connectivity index (χ1v) is 6.12. The summed E-state index contributed by atoms with van der Waals surface area (Å²) in [7, 11) is 0. The van der Waals surface area contributed by atoms with Crippen LogP contribution < -0.4 is 5.73 Å². The summed E-state index contributed by atoms with van der Waals surface area (Å²) in [6.45, 7) is 0.507. The van der Waals surface area contributed by atoms with Crippen molar-refractivity contribution in [3.05, 3.63) is 46.1 Å². The lowest BCUT2D eigenvalue weighted by Gasteiger charge is -2.06. The molecule has 0 fully saturated rings. The number of benzene rings is 1. The molecule has 3 N–H and O–H groups in total. The van der Waals surface area contributed by atoms with Crippen LogP contribution in [0.25, 0.3) is 0 Å². The maximum absolute atomic E-state index is 10.6. The summed E-state index contributed by atoms with van der Waals surface area (Å²) in [4.78, 5) is 10.6. The second-order valence-electron chi connectivity index (χ2n) is 3.87. The van der Waals surface area contributed by atoms with Crippen molar-refractivity contribution < 1.29 is 9.90 Å². The predicted octanol–water partition coefficient (Wildman–Crippen LogP) is 1.90. The normalized spacial score (nSPS) is 10.5. The molecule has 0 saturated carbocycles. The van der Waals surface area contributed by atoms with E-state index in [2.05, 4.69) is 21.0 Å². The van der Waals surface area contributed by atoms with Gasteiger partial charge in [-0.15, -0.1) is 0 Å². The highest BCUT2D eigenvalue weighted by atomic mass is 79.9. The predicted molar refractivity (Wildman–Crippen MR) is 71.2 cm³/mol. The van der Waals surface area contributed by atoms with Gasteiger partial charge in [-0.3, -0.25) is 4.79 Å². The highest BCUT2D eigenvalue weighted by molar-refractivity contribution is 9.10. The maximum Gasteiger partial charge on any atom is 0.308 e. The molecule has 1 aromatic heterocycles. The van der Waals surface area contributed by atoms with Crippen molar-refractivity contribution in [2.24, 2.45) is 0 Å². The number of carboxylic acids is 1. The van der Waals surface area contributed by atoms with Crippen LogP contribution in [0.1, 0.15) is 11.1 Å². The standard InChI is InChI=1S/C12H12BrN3O2/c13-10-4-2-1-3-8(10)7-16-12(14)9(6-15-16)5-11(17)18/h1-4,6H,5,7,14H2,(H,17,18). The van der Waals surface area contributed by atoms with Gasteiger partial charge in [-0.1, -0.05) is 34.1 Å². The molecular formula is C12H12BrN3O2. The smallest absolute Gasteiger partial charge is 0.308 e. The van der Waals surface area contributed by atoms with Crippen LogP contribution in [0, 0.1) is 0 Å². The van der Waals surface area contributed by atoms with Crippen LogP contribution in [0.5, 0.6) is 0 Å². The number of nitrogens with two attached hydrogens (primary N) is 1. The second kappa shape index (κ2) is 5.22. The van der Waals surface area contributed by atoms with E-state index in [9.17, 15) is 4.79 Å². The molecule has 0 radical (unpaired) electrons. The fourth-order valence-electron chi connectivity index (χ4n) is 1.65. The van der Waals surface area contributed by atoms with Crippen molar-refractivity contribution in [3.8, 4) is 0 Å². The lowest BCUT2D eigenvalue weighted by molar-refractivity contribution is -0.136. The Balaban J connectivity index is 2.23. The van der Waals surface area contributed by atoms with Crippen molar-refractivity contribution in [2.45, 2.75) is 13.0 Å². The van der Waals surface area contributed by atoms with E-state index in [4.69, 9.17) is 10.8 Å². The molecule has 0 aliphatic carbocycles. The number of anilines is 1. The number of hydrogen-bond acceptors (Lipinski definition) is 3. The molecule has 0 aliphatic heterocycles. The first-order valence-electron chi connectivity index (χ1n) is 5.33. The number of rotatable bonds is 4. The van der Waals surface area contributed by atoms with Crippen LogP contribution in [0.2, 0.25) is 0 Å². The first kappa shape index (κ1) is 12.6. The summed E-state index contributed by atoms with van der Waals surface area (Å²) in [5, 5.41) is 12.8. The number of aromatic nitrogens is 2. The molecule has 94 valence electrons. The van der Waals surface area contributed by atoms with E-state index in [1.54, 1.807) is 4.68 Å². The molecule has 0 atom stereocenters. The molecule has 0 unspecified atom stereocenters. The summed E-state index contributed by atoms with van der Waals surface area (Å²) in [5.74, 6) is -0.518. The average Bonchev–Trinajstić information content (AvgIpc) is 2.64. The summed E-state index contributed by atoms with van der Waals surface area (Å²) in [6.07, 6.45) is 1.39. The maximum atomic E-state index is 10.6. The molecular weight excluding hydrogens is 298 g/mol. The lowest BCUT2D eigenvalue weighted by atomic mass is 10.2. The van der Waals surface area contributed by atoms with Crippen molar-refractivity contribution in [1.82, 2.24) is 9.78 Å². The molecule has 0 spiro atoms. The Morgan fingerprint density at radius 1 is 1.39 bits per heavy atom. The van der Waals surface area contributed by atoms with Gasteiger partial charge in [0.1, 0.15) is 5.82 Å². The van der Waals surface area contributed by atoms with E-state index in [1.165, 1.54) is 6.20 Å². The second-order valence-corrected chi connectivity index (χ2v) is 4.73. The summed E-state index contributed by atoms with van der Waals surface area (Å²) >= 11 is 3.45. The Labute approximate surface area is 112 Å². The van der Waals surface area contributed by atoms with Crippen molar-refractivity contribution >= 4 is 27.7 Å².